The predicted octanol–water partition coefficient (Wildman–Crippen LogP) is 0.0166. The number of aryl methyl sites for hydroxylation is 1. The highest BCUT2D eigenvalue weighted by Crippen LogP contribution is 2.15. The maximum Gasteiger partial charge on any atom is 0.308 e. The van der Waals surface area contributed by atoms with Gasteiger partial charge in [-0.05, 0) is 0 Å². The number of carbonyl (C=O) groups is 1. The summed E-state index contributed by atoms with van der Waals surface area (Å²) in [7, 11) is 3.04. The number of aliphatic hydroxyl groups excluding tert-OH is 1. The molecule has 0 aromatic carbocycles. The van der Waals surface area contributed by atoms with E-state index in [4.69, 9.17) is 0 Å². The number of imidazole rings is 1. The van der Waals surface area contributed by atoms with Gasteiger partial charge in [-0.2, -0.15) is 0 Å². The summed E-state index contributed by atoms with van der Waals surface area (Å²) in [5.41, 5.74) is 0.602. The summed E-state index contributed by atoms with van der Waals surface area (Å²) in [5, 5.41) is 9.53. The lowest BCUT2D eigenvalue weighted by molar-refractivity contribution is -0.143. The summed E-state index contributed by atoms with van der Waals surface area (Å²) in [6.07, 6.45) is 2.19. The number of carbonyl (C=O) groups excluding carboxylic acids is 1. The van der Waals surface area contributed by atoms with Crippen LogP contribution in [-0.4, -0.2) is 27.7 Å². The summed E-state index contributed by atoms with van der Waals surface area (Å²) >= 11 is 0. The number of hydrogen-bond donors (Lipinski definition) is 1. The van der Waals surface area contributed by atoms with Gasteiger partial charge in [0.25, 0.3) is 0 Å². The molecule has 1 aromatic rings. The fraction of sp³-hybridized carbons (Fsp3) is 0.500. The van der Waals surface area contributed by atoms with Crippen molar-refractivity contribution < 1.29 is 14.6 Å². The fourth-order valence-corrected chi connectivity index (χ4v) is 1.03. The van der Waals surface area contributed by atoms with Crippen LogP contribution in [0.3, 0.4) is 0 Å². The minimum atomic E-state index is -0.847. The maximum absolute atomic E-state index is 10.8. The van der Waals surface area contributed by atoms with E-state index in [1.54, 1.807) is 17.9 Å². The number of rotatable bonds is 3. The van der Waals surface area contributed by atoms with Crippen molar-refractivity contribution in [3.63, 3.8) is 0 Å². The average molecular weight is 184 g/mol. The summed E-state index contributed by atoms with van der Waals surface area (Å²) < 4.78 is 6.09. The Hall–Kier alpha value is -1.36. The van der Waals surface area contributed by atoms with Gasteiger partial charge in [-0.25, -0.2) is 4.98 Å². The monoisotopic (exact) mass is 184 g/mol. The Kier molecular flexibility index (Phi) is 3.02. The zero-order chi connectivity index (χ0) is 9.84. The Bertz CT molecular complexity index is 295. The van der Waals surface area contributed by atoms with Crippen LogP contribution in [0.2, 0.25) is 0 Å². The minimum absolute atomic E-state index is 0.0456. The van der Waals surface area contributed by atoms with E-state index in [2.05, 4.69) is 9.72 Å². The van der Waals surface area contributed by atoms with Crippen LogP contribution in [-0.2, 0) is 16.6 Å². The Labute approximate surface area is 76.0 Å². The Morgan fingerprint density at radius 1 is 1.85 bits per heavy atom. The molecule has 0 saturated heterocycles. The molecular formula is C8H12N2O3. The molecule has 0 bridgehead atoms. The molecule has 13 heavy (non-hydrogen) atoms. The molecule has 1 N–H and O–H groups in total. The normalized spacial score (nSPS) is 12.5. The summed E-state index contributed by atoms with van der Waals surface area (Å²) in [6.45, 7) is 0. The molecule has 1 rings (SSSR count). The molecule has 0 saturated carbocycles. The summed E-state index contributed by atoms with van der Waals surface area (Å²) in [6, 6.07) is 0. The first kappa shape index (κ1) is 9.73. The third kappa shape index (κ3) is 2.29. The van der Waals surface area contributed by atoms with Crippen LogP contribution < -0.4 is 0 Å². The molecule has 5 nitrogen and oxygen atoms in total. The van der Waals surface area contributed by atoms with Crippen molar-refractivity contribution >= 4 is 5.97 Å². The molecule has 0 fully saturated rings. The van der Waals surface area contributed by atoms with Crippen LogP contribution in [0.1, 0.15) is 18.2 Å². The predicted molar refractivity (Wildman–Crippen MR) is 44.8 cm³/mol. The van der Waals surface area contributed by atoms with Gasteiger partial charge in [-0.1, -0.05) is 0 Å². The van der Waals surface area contributed by atoms with E-state index in [1.807, 2.05) is 0 Å². The topological polar surface area (TPSA) is 64.3 Å². The number of aromatic nitrogens is 2. The van der Waals surface area contributed by atoms with Crippen LogP contribution in [0, 0.1) is 0 Å². The van der Waals surface area contributed by atoms with Crippen LogP contribution in [0.5, 0.6) is 0 Å². The van der Waals surface area contributed by atoms with Crippen molar-refractivity contribution in [2.75, 3.05) is 7.11 Å². The van der Waals surface area contributed by atoms with E-state index >= 15 is 0 Å². The fourth-order valence-electron chi connectivity index (χ4n) is 1.03. The second-order valence-corrected chi connectivity index (χ2v) is 2.73. The van der Waals surface area contributed by atoms with E-state index in [1.165, 1.54) is 13.3 Å². The first-order chi connectivity index (χ1) is 6.15. The van der Waals surface area contributed by atoms with Gasteiger partial charge < -0.3 is 14.4 Å². The van der Waals surface area contributed by atoms with Crippen molar-refractivity contribution in [2.24, 2.45) is 7.05 Å². The molecule has 1 aromatic heterocycles. The third-order valence-electron chi connectivity index (χ3n) is 1.78. The zero-order valence-electron chi connectivity index (χ0n) is 7.60. The Morgan fingerprint density at radius 2 is 2.54 bits per heavy atom. The van der Waals surface area contributed by atoms with Gasteiger partial charge in [0.15, 0.2) is 0 Å². The van der Waals surface area contributed by atoms with E-state index in [0.717, 1.165) is 0 Å². The lowest BCUT2D eigenvalue weighted by atomic mass is 10.2. The molecule has 0 radical (unpaired) electrons. The SMILES string of the molecule is COC(=O)C[C@H](O)c1cncn1C. The molecule has 0 aliphatic carbocycles. The third-order valence-corrected chi connectivity index (χ3v) is 1.78. The van der Waals surface area contributed by atoms with E-state index < -0.39 is 12.1 Å². The quantitative estimate of drug-likeness (QED) is 0.672. The second kappa shape index (κ2) is 4.04. The van der Waals surface area contributed by atoms with Crippen molar-refractivity contribution in [1.29, 1.82) is 0 Å². The Balaban J connectivity index is 2.63. The highest BCUT2D eigenvalue weighted by Gasteiger charge is 2.15. The smallest absolute Gasteiger partial charge is 0.308 e. The van der Waals surface area contributed by atoms with E-state index in [9.17, 15) is 9.90 Å². The van der Waals surface area contributed by atoms with E-state index in [-0.39, 0.29) is 6.42 Å². The molecule has 1 atom stereocenters. The zero-order valence-corrected chi connectivity index (χ0v) is 7.60. The maximum atomic E-state index is 10.8. The molecule has 0 amide bonds. The van der Waals surface area contributed by atoms with Gasteiger partial charge in [0.2, 0.25) is 0 Å². The lowest BCUT2D eigenvalue weighted by Crippen LogP contribution is -2.10. The summed E-state index contributed by atoms with van der Waals surface area (Å²) in [5.74, 6) is -0.436. The molecule has 0 aliphatic rings. The largest absolute Gasteiger partial charge is 0.469 e. The number of aliphatic hydroxyl groups is 1. The summed E-state index contributed by atoms with van der Waals surface area (Å²) in [4.78, 5) is 14.6. The van der Waals surface area contributed by atoms with Gasteiger partial charge in [0.1, 0.15) is 6.10 Å². The average Bonchev–Trinajstić information content (AvgIpc) is 2.51. The molecule has 0 spiro atoms. The van der Waals surface area contributed by atoms with Gasteiger partial charge in [0.05, 0.1) is 31.7 Å². The highest BCUT2D eigenvalue weighted by atomic mass is 16.5. The number of esters is 1. The highest BCUT2D eigenvalue weighted by molar-refractivity contribution is 5.69. The number of hydrogen-bond acceptors (Lipinski definition) is 4. The number of ether oxygens (including phenoxy) is 1. The molecule has 0 aliphatic heterocycles. The van der Waals surface area contributed by atoms with Crippen LogP contribution in [0.25, 0.3) is 0 Å². The lowest BCUT2D eigenvalue weighted by Gasteiger charge is -2.08. The van der Waals surface area contributed by atoms with Gasteiger partial charge in [-0.15, -0.1) is 0 Å². The van der Waals surface area contributed by atoms with Crippen LogP contribution >= 0.6 is 0 Å². The van der Waals surface area contributed by atoms with Crippen molar-refractivity contribution in [1.82, 2.24) is 9.55 Å². The standard InChI is InChI=1S/C8H12N2O3/c1-10-5-9-4-6(10)7(11)3-8(12)13-2/h4-5,7,11H,3H2,1-2H3/t7-/m0/s1. The molecule has 72 valence electrons. The first-order valence-corrected chi connectivity index (χ1v) is 3.86. The Morgan fingerprint density at radius 3 is 3.00 bits per heavy atom. The second-order valence-electron chi connectivity index (χ2n) is 2.73. The number of methoxy groups -OCH3 is 1. The molecule has 5 heteroatoms. The van der Waals surface area contributed by atoms with E-state index in [0.29, 0.717) is 5.69 Å². The molecule has 0 unspecified atom stereocenters. The van der Waals surface area contributed by atoms with Crippen LogP contribution in [0.4, 0.5) is 0 Å². The number of nitrogens with zero attached hydrogens (tertiary/aromatic N) is 2. The molecule has 1 heterocycles. The van der Waals surface area contributed by atoms with Crippen molar-refractivity contribution in [3.8, 4) is 0 Å². The van der Waals surface area contributed by atoms with Gasteiger partial charge in [0, 0.05) is 7.05 Å². The van der Waals surface area contributed by atoms with Crippen molar-refractivity contribution in [3.05, 3.63) is 18.2 Å². The first-order valence-electron chi connectivity index (χ1n) is 3.86. The van der Waals surface area contributed by atoms with Crippen molar-refractivity contribution in [2.45, 2.75) is 12.5 Å². The van der Waals surface area contributed by atoms with Crippen LogP contribution in [0.15, 0.2) is 12.5 Å². The minimum Gasteiger partial charge on any atom is -0.469 e. The van der Waals surface area contributed by atoms with Gasteiger partial charge >= 0.3 is 5.97 Å². The van der Waals surface area contributed by atoms with Gasteiger partial charge in [-0.3, -0.25) is 4.79 Å². The molecular weight excluding hydrogens is 172 g/mol.